The highest BCUT2D eigenvalue weighted by molar-refractivity contribution is 5.81. The van der Waals surface area contributed by atoms with Crippen LogP contribution in [-0.4, -0.2) is 18.1 Å². The largest absolute Gasteiger partial charge is 0.480 e. The summed E-state index contributed by atoms with van der Waals surface area (Å²) in [5.41, 5.74) is 0.371. The lowest BCUT2D eigenvalue weighted by molar-refractivity contribution is -0.127. The van der Waals surface area contributed by atoms with E-state index in [0.717, 1.165) is 0 Å². The van der Waals surface area contributed by atoms with Gasteiger partial charge in [0.15, 0.2) is 6.10 Å². The summed E-state index contributed by atoms with van der Waals surface area (Å²) in [7, 11) is 0. The van der Waals surface area contributed by atoms with E-state index in [-0.39, 0.29) is 5.91 Å². The standard InChI is InChI=1S/C16H19N3O2/c1-11(2)8-14(10-18)19-16(20)12(3)21-15-7-5-4-6-13(15)9-17/h4-7,11-12,14H,8H2,1-3H3,(H,19,20)/t12-,14+/m1/s1. The molecule has 0 spiro atoms. The molecule has 1 aromatic rings. The van der Waals surface area contributed by atoms with Crippen LogP contribution in [0, 0.1) is 28.6 Å². The number of hydrogen-bond acceptors (Lipinski definition) is 4. The molecule has 5 heteroatoms. The van der Waals surface area contributed by atoms with Crippen LogP contribution in [-0.2, 0) is 4.79 Å². The molecule has 0 heterocycles. The van der Waals surface area contributed by atoms with Crippen LogP contribution in [0.3, 0.4) is 0 Å². The molecule has 0 unspecified atom stereocenters. The average molecular weight is 285 g/mol. The van der Waals surface area contributed by atoms with Crippen LogP contribution in [0.5, 0.6) is 5.75 Å². The zero-order valence-corrected chi connectivity index (χ0v) is 12.5. The number of nitrogens with one attached hydrogen (secondary N) is 1. The van der Waals surface area contributed by atoms with Crippen molar-refractivity contribution in [2.75, 3.05) is 0 Å². The highest BCUT2D eigenvalue weighted by Gasteiger charge is 2.20. The van der Waals surface area contributed by atoms with Crippen LogP contribution < -0.4 is 10.1 Å². The summed E-state index contributed by atoms with van der Waals surface area (Å²) < 4.78 is 5.50. The van der Waals surface area contributed by atoms with Crippen LogP contribution in [0.25, 0.3) is 0 Å². The Hall–Kier alpha value is -2.53. The van der Waals surface area contributed by atoms with Crippen molar-refractivity contribution in [3.63, 3.8) is 0 Å². The first-order valence-electron chi connectivity index (χ1n) is 6.83. The van der Waals surface area contributed by atoms with E-state index in [2.05, 4.69) is 11.4 Å². The molecule has 0 bridgehead atoms. The molecule has 1 aromatic carbocycles. The van der Waals surface area contributed by atoms with Crippen molar-refractivity contribution in [2.24, 2.45) is 5.92 Å². The Morgan fingerprint density at radius 3 is 2.52 bits per heavy atom. The fourth-order valence-electron chi connectivity index (χ4n) is 1.81. The Labute approximate surface area is 125 Å². The van der Waals surface area contributed by atoms with Crippen LogP contribution in [0.4, 0.5) is 0 Å². The Morgan fingerprint density at radius 2 is 1.95 bits per heavy atom. The van der Waals surface area contributed by atoms with Gasteiger partial charge in [-0.15, -0.1) is 0 Å². The Balaban J connectivity index is 2.67. The third kappa shape index (κ3) is 5.16. The topological polar surface area (TPSA) is 85.9 Å². The molecule has 0 aliphatic carbocycles. The molecule has 1 N–H and O–H groups in total. The first kappa shape index (κ1) is 16.5. The molecule has 110 valence electrons. The van der Waals surface area contributed by atoms with Crippen LogP contribution >= 0.6 is 0 Å². The maximum atomic E-state index is 12.0. The predicted octanol–water partition coefficient (Wildman–Crippen LogP) is 2.38. The van der Waals surface area contributed by atoms with Gasteiger partial charge in [0.25, 0.3) is 5.91 Å². The van der Waals surface area contributed by atoms with Gasteiger partial charge < -0.3 is 10.1 Å². The second-order valence-electron chi connectivity index (χ2n) is 5.19. The molecule has 1 rings (SSSR count). The molecule has 0 fully saturated rings. The van der Waals surface area contributed by atoms with E-state index >= 15 is 0 Å². The number of carbonyl (C=O) groups excluding carboxylic acids is 1. The van der Waals surface area contributed by atoms with E-state index in [1.807, 2.05) is 19.9 Å². The van der Waals surface area contributed by atoms with Gasteiger partial charge in [-0.3, -0.25) is 4.79 Å². The van der Waals surface area contributed by atoms with Gasteiger partial charge in [-0.1, -0.05) is 26.0 Å². The summed E-state index contributed by atoms with van der Waals surface area (Å²) in [5, 5.41) is 20.7. The number of ether oxygens (including phenoxy) is 1. The van der Waals surface area contributed by atoms with Crippen LogP contribution in [0.2, 0.25) is 0 Å². The monoisotopic (exact) mass is 285 g/mol. The first-order chi connectivity index (χ1) is 9.97. The Kier molecular flexibility index (Phi) is 6.23. The lowest BCUT2D eigenvalue weighted by Crippen LogP contribution is -2.42. The van der Waals surface area contributed by atoms with E-state index in [9.17, 15) is 4.79 Å². The molecule has 0 aliphatic heterocycles. The van der Waals surface area contributed by atoms with Crippen molar-refractivity contribution < 1.29 is 9.53 Å². The molecule has 0 radical (unpaired) electrons. The van der Waals surface area contributed by atoms with Crippen molar-refractivity contribution in [1.82, 2.24) is 5.32 Å². The Morgan fingerprint density at radius 1 is 1.29 bits per heavy atom. The van der Waals surface area contributed by atoms with E-state index in [1.165, 1.54) is 0 Å². The summed E-state index contributed by atoms with van der Waals surface area (Å²) in [6, 6.07) is 10.3. The molecule has 5 nitrogen and oxygen atoms in total. The quantitative estimate of drug-likeness (QED) is 0.869. The molecule has 0 aromatic heterocycles. The lowest BCUT2D eigenvalue weighted by Gasteiger charge is -2.18. The minimum absolute atomic E-state index is 0.311. The van der Waals surface area contributed by atoms with Gasteiger partial charge in [0.1, 0.15) is 17.9 Å². The van der Waals surface area contributed by atoms with Crippen molar-refractivity contribution >= 4 is 5.91 Å². The third-order valence-electron chi connectivity index (χ3n) is 2.86. The molecule has 0 saturated heterocycles. The molecule has 0 aliphatic rings. The summed E-state index contributed by atoms with van der Waals surface area (Å²) >= 11 is 0. The summed E-state index contributed by atoms with van der Waals surface area (Å²) in [6.07, 6.45) is -0.188. The third-order valence-corrected chi connectivity index (χ3v) is 2.86. The average Bonchev–Trinajstić information content (AvgIpc) is 2.46. The van der Waals surface area contributed by atoms with Gasteiger partial charge in [-0.2, -0.15) is 10.5 Å². The zero-order chi connectivity index (χ0) is 15.8. The number of amides is 1. The number of nitrogens with zero attached hydrogens (tertiary/aromatic N) is 2. The number of benzene rings is 1. The minimum Gasteiger partial charge on any atom is -0.480 e. The molecular weight excluding hydrogens is 266 g/mol. The molecule has 21 heavy (non-hydrogen) atoms. The van der Waals surface area contributed by atoms with Gasteiger partial charge >= 0.3 is 0 Å². The highest BCUT2D eigenvalue weighted by atomic mass is 16.5. The van der Waals surface area contributed by atoms with E-state index in [1.54, 1.807) is 31.2 Å². The first-order valence-corrected chi connectivity index (χ1v) is 6.83. The SMILES string of the molecule is CC(C)C[C@@H](C#N)NC(=O)[C@@H](C)Oc1ccccc1C#N. The Bertz CT molecular complexity index is 570. The maximum Gasteiger partial charge on any atom is 0.261 e. The number of nitriles is 2. The number of rotatable bonds is 6. The number of para-hydroxylation sites is 1. The maximum absolute atomic E-state index is 12.0. The van der Waals surface area contributed by atoms with Crippen LogP contribution in [0.1, 0.15) is 32.8 Å². The molecule has 1 amide bonds. The van der Waals surface area contributed by atoms with E-state index in [4.69, 9.17) is 15.3 Å². The van der Waals surface area contributed by atoms with Crippen molar-refractivity contribution in [3.8, 4) is 17.9 Å². The second-order valence-corrected chi connectivity index (χ2v) is 5.19. The second kappa shape index (κ2) is 7.91. The fourth-order valence-corrected chi connectivity index (χ4v) is 1.81. The lowest BCUT2D eigenvalue weighted by atomic mass is 10.0. The van der Waals surface area contributed by atoms with Crippen molar-refractivity contribution in [1.29, 1.82) is 10.5 Å². The summed E-state index contributed by atoms with van der Waals surface area (Å²) in [5.74, 6) is 0.306. The number of hydrogen-bond donors (Lipinski definition) is 1. The fraction of sp³-hybridized carbons (Fsp3) is 0.438. The highest BCUT2D eigenvalue weighted by Crippen LogP contribution is 2.18. The van der Waals surface area contributed by atoms with Gasteiger partial charge in [0, 0.05) is 0 Å². The van der Waals surface area contributed by atoms with Crippen molar-refractivity contribution in [2.45, 2.75) is 39.3 Å². The summed E-state index contributed by atoms with van der Waals surface area (Å²) in [4.78, 5) is 12.0. The smallest absolute Gasteiger partial charge is 0.261 e. The van der Waals surface area contributed by atoms with Gasteiger partial charge in [0.2, 0.25) is 0 Å². The van der Waals surface area contributed by atoms with E-state index < -0.39 is 12.1 Å². The number of carbonyl (C=O) groups is 1. The van der Waals surface area contributed by atoms with E-state index in [0.29, 0.717) is 23.7 Å². The van der Waals surface area contributed by atoms with Gasteiger partial charge in [0.05, 0.1) is 11.6 Å². The normalized spacial score (nSPS) is 12.9. The molecule has 2 atom stereocenters. The minimum atomic E-state index is -0.775. The molecule has 0 saturated carbocycles. The zero-order valence-electron chi connectivity index (χ0n) is 12.5. The predicted molar refractivity (Wildman–Crippen MR) is 78.2 cm³/mol. The van der Waals surface area contributed by atoms with Gasteiger partial charge in [-0.05, 0) is 31.4 Å². The summed E-state index contributed by atoms with van der Waals surface area (Å²) in [6.45, 7) is 5.56. The van der Waals surface area contributed by atoms with Gasteiger partial charge in [-0.25, -0.2) is 0 Å². The molecular formula is C16H19N3O2. The van der Waals surface area contributed by atoms with Crippen molar-refractivity contribution in [3.05, 3.63) is 29.8 Å². The van der Waals surface area contributed by atoms with Crippen LogP contribution in [0.15, 0.2) is 24.3 Å².